The molecule has 108 valence electrons. The summed E-state index contributed by atoms with van der Waals surface area (Å²) in [5.41, 5.74) is -0.915. The minimum Gasteiger partial charge on any atom is -0.481 e. The molecular weight excluding hydrogens is 284 g/mol. The molecule has 0 unspecified atom stereocenters. The molecule has 0 bridgehead atoms. The number of aliphatic carboxylic acids is 1. The summed E-state index contributed by atoms with van der Waals surface area (Å²) in [5.74, 6) is -2.23. The average molecular weight is 292 g/mol. The standard InChI is InChI=1S/C12H8F4O4/c13-11(14)12(15,16)20-8-5-6(1-2-7(8)19-11)10(3-4-10)9(17)18/h1-2,5H,3-4H2,(H,17,18). The first-order valence-electron chi connectivity index (χ1n) is 5.70. The van der Waals surface area contributed by atoms with Crippen molar-refractivity contribution < 1.29 is 36.9 Å². The van der Waals surface area contributed by atoms with E-state index >= 15 is 0 Å². The predicted octanol–water partition coefficient (Wildman–Crippen LogP) is 2.76. The normalized spacial score (nSPS) is 24.0. The molecule has 4 nitrogen and oxygen atoms in total. The third kappa shape index (κ3) is 1.63. The van der Waals surface area contributed by atoms with Crippen LogP contribution in [0.15, 0.2) is 18.2 Å². The van der Waals surface area contributed by atoms with Crippen molar-refractivity contribution >= 4 is 5.97 Å². The zero-order valence-electron chi connectivity index (χ0n) is 9.83. The van der Waals surface area contributed by atoms with Crippen molar-refractivity contribution in [1.82, 2.24) is 0 Å². The van der Waals surface area contributed by atoms with Crippen LogP contribution in [0.2, 0.25) is 0 Å². The molecule has 1 fully saturated rings. The maximum absolute atomic E-state index is 13.0. The zero-order valence-corrected chi connectivity index (χ0v) is 9.83. The van der Waals surface area contributed by atoms with Crippen LogP contribution in [0.3, 0.4) is 0 Å². The van der Waals surface area contributed by atoms with Gasteiger partial charge in [-0.3, -0.25) is 4.79 Å². The first-order chi connectivity index (χ1) is 9.18. The van der Waals surface area contributed by atoms with Crippen molar-refractivity contribution in [2.24, 2.45) is 0 Å². The molecule has 1 N–H and O–H groups in total. The summed E-state index contributed by atoms with van der Waals surface area (Å²) in [6.45, 7) is 0. The first kappa shape index (κ1) is 13.0. The van der Waals surface area contributed by atoms with Crippen LogP contribution in [-0.4, -0.2) is 23.3 Å². The van der Waals surface area contributed by atoms with E-state index in [0.29, 0.717) is 12.8 Å². The van der Waals surface area contributed by atoms with Crippen molar-refractivity contribution in [2.45, 2.75) is 30.5 Å². The third-order valence-electron chi connectivity index (χ3n) is 3.47. The Morgan fingerprint density at radius 2 is 1.60 bits per heavy atom. The minimum absolute atomic E-state index is 0.230. The minimum atomic E-state index is -4.81. The van der Waals surface area contributed by atoms with E-state index in [0.717, 1.165) is 12.1 Å². The number of hydrogen-bond donors (Lipinski definition) is 1. The summed E-state index contributed by atoms with van der Waals surface area (Å²) in [4.78, 5) is 11.1. The van der Waals surface area contributed by atoms with Crippen molar-refractivity contribution in [3.63, 3.8) is 0 Å². The van der Waals surface area contributed by atoms with Gasteiger partial charge in [-0.15, -0.1) is 0 Å². The van der Waals surface area contributed by atoms with E-state index in [-0.39, 0.29) is 5.56 Å². The summed E-state index contributed by atoms with van der Waals surface area (Å²) < 4.78 is 59.9. The molecule has 3 rings (SSSR count). The van der Waals surface area contributed by atoms with Crippen molar-refractivity contribution in [1.29, 1.82) is 0 Å². The van der Waals surface area contributed by atoms with Gasteiger partial charge in [0.05, 0.1) is 5.41 Å². The Morgan fingerprint density at radius 1 is 1.05 bits per heavy atom. The fourth-order valence-electron chi connectivity index (χ4n) is 2.12. The molecule has 0 radical (unpaired) electrons. The molecule has 1 aromatic carbocycles. The quantitative estimate of drug-likeness (QED) is 0.852. The molecule has 0 aromatic heterocycles. The molecule has 1 aliphatic carbocycles. The van der Waals surface area contributed by atoms with Gasteiger partial charge in [0, 0.05) is 0 Å². The number of carboxylic acid groups (broad SMARTS) is 1. The molecule has 8 heteroatoms. The van der Waals surface area contributed by atoms with E-state index in [1.165, 1.54) is 6.07 Å². The number of hydrogen-bond acceptors (Lipinski definition) is 3. The van der Waals surface area contributed by atoms with E-state index in [9.17, 15) is 22.4 Å². The number of fused-ring (bicyclic) bond motifs is 1. The van der Waals surface area contributed by atoms with E-state index in [1.807, 2.05) is 0 Å². The van der Waals surface area contributed by atoms with Crippen molar-refractivity contribution in [2.75, 3.05) is 0 Å². The Balaban J connectivity index is 2.02. The van der Waals surface area contributed by atoms with E-state index in [1.54, 1.807) is 0 Å². The van der Waals surface area contributed by atoms with E-state index < -0.39 is 35.1 Å². The van der Waals surface area contributed by atoms with Crippen LogP contribution in [0.1, 0.15) is 18.4 Å². The number of carboxylic acids is 1. The lowest BCUT2D eigenvalue weighted by Crippen LogP contribution is -2.52. The second-order valence-corrected chi connectivity index (χ2v) is 4.79. The maximum Gasteiger partial charge on any atom is 0.507 e. The van der Waals surface area contributed by atoms with Gasteiger partial charge < -0.3 is 14.6 Å². The Kier molecular flexibility index (Phi) is 2.31. The van der Waals surface area contributed by atoms with Gasteiger partial charge in [-0.1, -0.05) is 6.07 Å². The molecule has 1 heterocycles. The smallest absolute Gasteiger partial charge is 0.481 e. The van der Waals surface area contributed by atoms with Crippen LogP contribution >= 0.6 is 0 Å². The highest BCUT2D eigenvalue weighted by molar-refractivity contribution is 5.85. The Labute approximate surface area is 109 Å². The molecule has 1 saturated carbocycles. The number of benzene rings is 1. The molecule has 0 spiro atoms. The van der Waals surface area contributed by atoms with Gasteiger partial charge in [0.2, 0.25) is 0 Å². The van der Waals surface area contributed by atoms with Crippen LogP contribution in [0.5, 0.6) is 11.5 Å². The van der Waals surface area contributed by atoms with Gasteiger partial charge in [-0.05, 0) is 30.5 Å². The number of carbonyl (C=O) groups is 1. The van der Waals surface area contributed by atoms with Gasteiger partial charge in [0.15, 0.2) is 11.5 Å². The molecule has 0 saturated heterocycles. The summed E-state index contributed by atoms with van der Waals surface area (Å²) in [6.07, 6.45) is -8.87. The second-order valence-electron chi connectivity index (χ2n) is 4.79. The average Bonchev–Trinajstić information content (AvgIpc) is 3.10. The van der Waals surface area contributed by atoms with Gasteiger partial charge in [0.25, 0.3) is 0 Å². The maximum atomic E-state index is 13.0. The number of halogens is 4. The van der Waals surface area contributed by atoms with E-state index in [4.69, 9.17) is 5.11 Å². The molecule has 1 aliphatic heterocycles. The topological polar surface area (TPSA) is 55.8 Å². The predicted molar refractivity (Wildman–Crippen MR) is 56.1 cm³/mol. The van der Waals surface area contributed by atoms with Gasteiger partial charge in [-0.2, -0.15) is 17.6 Å². The highest BCUT2D eigenvalue weighted by Gasteiger charge is 2.66. The van der Waals surface area contributed by atoms with Crippen molar-refractivity contribution in [3.8, 4) is 11.5 Å². The Morgan fingerprint density at radius 3 is 2.10 bits per heavy atom. The van der Waals surface area contributed by atoms with Crippen LogP contribution in [-0.2, 0) is 10.2 Å². The number of alkyl halides is 4. The van der Waals surface area contributed by atoms with Gasteiger partial charge in [0.1, 0.15) is 0 Å². The first-order valence-corrected chi connectivity index (χ1v) is 5.70. The van der Waals surface area contributed by atoms with Gasteiger partial charge >= 0.3 is 18.2 Å². The van der Waals surface area contributed by atoms with Crippen LogP contribution in [0.4, 0.5) is 17.6 Å². The lowest BCUT2D eigenvalue weighted by molar-refractivity contribution is -0.391. The highest BCUT2D eigenvalue weighted by Crippen LogP contribution is 2.52. The van der Waals surface area contributed by atoms with Gasteiger partial charge in [-0.25, -0.2) is 0 Å². The SMILES string of the molecule is O=C(O)C1(c2ccc3c(c2)OC(F)(F)C(F)(F)O3)CC1. The molecule has 0 amide bonds. The monoisotopic (exact) mass is 292 g/mol. The summed E-state index contributed by atoms with van der Waals surface area (Å²) in [5, 5.41) is 9.11. The highest BCUT2D eigenvalue weighted by atomic mass is 19.3. The molecule has 1 aromatic rings. The fraction of sp³-hybridized carbons (Fsp3) is 0.417. The molecule has 2 aliphatic rings. The largest absolute Gasteiger partial charge is 0.507 e. The zero-order chi connectivity index (χ0) is 14.8. The fourth-order valence-corrected chi connectivity index (χ4v) is 2.12. The molecule has 0 atom stereocenters. The van der Waals surface area contributed by atoms with Crippen LogP contribution < -0.4 is 9.47 Å². The molecule has 20 heavy (non-hydrogen) atoms. The summed E-state index contributed by atoms with van der Waals surface area (Å²) >= 11 is 0. The lowest BCUT2D eigenvalue weighted by Gasteiger charge is -2.32. The summed E-state index contributed by atoms with van der Waals surface area (Å²) in [6, 6.07) is 3.29. The number of ether oxygens (including phenoxy) is 2. The Bertz CT molecular complexity index is 595. The second kappa shape index (κ2) is 3.56. The van der Waals surface area contributed by atoms with Crippen LogP contribution in [0.25, 0.3) is 0 Å². The van der Waals surface area contributed by atoms with E-state index in [2.05, 4.69) is 9.47 Å². The lowest BCUT2D eigenvalue weighted by atomic mass is 9.96. The van der Waals surface area contributed by atoms with Crippen molar-refractivity contribution in [3.05, 3.63) is 23.8 Å². The summed E-state index contributed by atoms with van der Waals surface area (Å²) in [7, 11) is 0. The number of rotatable bonds is 2. The van der Waals surface area contributed by atoms with Crippen LogP contribution in [0, 0.1) is 0 Å². The molecular formula is C12H8F4O4. The Hall–Kier alpha value is -1.99. The third-order valence-corrected chi connectivity index (χ3v) is 3.47.